The summed E-state index contributed by atoms with van der Waals surface area (Å²) in [6.07, 6.45) is 5.39. The molecule has 2 aliphatic rings. The van der Waals surface area contributed by atoms with E-state index in [2.05, 4.69) is 14.9 Å². The lowest BCUT2D eigenvalue weighted by Crippen LogP contribution is -2.48. The number of aromatic nitrogens is 3. The minimum Gasteiger partial charge on any atom is -0.454 e. The van der Waals surface area contributed by atoms with E-state index >= 15 is 0 Å². The van der Waals surface area contributed by atoms with Crippen LogP contribution in [0.1, 0.15) is 6.92 Å². The number of piperazine rings is 1. The summed E-state index contributed by atoms with van der Waals surface area (Å²) in [6.45, 7) is 4.59. The number of pyridine rings is 1. The predicted molar refractivity (Wildman–Crippen MR) is 111 cm³/mol. The quantitative estimate of drug-likeness (QED) is 0.665. The van der Waals surface area contributed by atoms with Gasteiger partial charge < -0.3 is 19.3 Å². The second kappa shape index (κ2) is 7.62. The van der Waals surface area contributed by atoms with Gasteiger partial charge >= 0.3 is 0 Å². The van der Waals surface area contributed by atoms with Crippen LogP contribution in [0.25, 0.3) is 22.4 Å². The third-order valence-electron chi connectivity index (χ3n) is 5.40. The van der Waals surface area contributed by atoms with Crippen molar-refractivity contribution in [3.8, 4) is 33.9 Å². The Morgan fingerprint density at radius 3 is 2.60 bits per heavy atom. The lowest BCUT2D eigenvalue weighted by atomic mass is 10.0. The van der Waals surface area contributed by atoms with Gasteiger partial charge in [0.15, 0.2) is 11.5 Å². The second-order valence-corrected chi connectivity index (χ2v) is 7.24. The smallest absolute Gasteiger partial charge is 0.231 e. The number of hydrogen-bond acceptors (Lipinski definition) is 7. The normalized spacial score (nSPS) is 15.4. The van der Waals surface area contributed by atoms with Gasteiger partial charge in [-0.15, -0.1) is 0 Å². The fourth-order valence-corrected chi connectivity index (χ4v) is 3.74. The molecule has 1 fully saturated rings. The fraction of sp³-hybridized carbons (Fsp3) is 0.273. The zero-order chi connectivity index (χ0) is 20.5. The van der Waals surface area contributed by atoms with Gasteiger partial charge in [-0.3, -0.25) is 9.78 Å². The van der Waals surface area contributed by atoms with Gasteiger partial charge in [0.2, 0.25) is 18.6 Å². The molecule has 152 valence electrons. The Bertz CT molecular complexity index is 1080. The number of benzene rings is 1. The molecule has 5 rings (SSSR count). The predicted octanol–water partition coefficient (Wildman–Crippen LogP) is 2.60. The summed E-state index contributed by atoms with van der Waals surface area (Å²) >= 11 is 0. The molecule has 0 bridgehead atoms. The molecule has 0 spiro atoms. The van der Waals surface area contributed by atoms with Crippen LogP contribution < -0.4 is 14.4 Å². The van der Waals surface area contributed by atoms with Crippen molar-refractivity contribution in [3.63, 3.8) is 0 Å². The molecule has 1 saturated heterocycles. The third kappa shape index (κ3) is 3.41. The van der Waals surface area contributed by atoms with E-state index in [1.807, 2.05) is 41.4 Å². The van der Waals surface area contributed by atoms with E-state index < -0.39 is 0 Å². The Hall–Kier alpha value is -3.68. The molecule has 0 aliphatic carbocycles. The molecule has 0 saturated carbocycles. The summed E-state index contributed by atoms with van der Waals surface area (Å²) in [4.78, 5) is 29.4. The van der Waals surface area contributed by atoms with Crippen LogP contribution in [0.2, 0.25) is 0 Å². The van der Waals surface area contributed by atoms with E-state index in [9.17, 15) is 4.79 Å². The number of anilines is 1. The van der Waals surface area contributed by atoms with E-state index in [1.54, 1.807) is 19.3 Å². The molecule has 0 atom stereocenters. The van der Waals surface area contributed by atoms with Gasteiger partial charge in [0, 0.05) is 62.8 Å². The van der Waals surface area contributed by atoms with Crippen LogP contribution in [-0.4, -0.2) is 58.7 Å². The molecule has 0 radical (unpaired) electrons. The largest absolute Gasteiger partial charge is 0.454 e. The van der Waals surface area contributed by atoms with E-state index in [-0.39, 0.29) is 12.7 Å². The number of carbonyl (C=O) groups is 1. The molecule has 1 amide bonds. The first-order valence-electron chi connectivity index (χ1n) is 9.87. The number of nitrogens with zero attached hydrogens (tertiary/aromatic N) is 5. The minimum atomic E-state index is 0.102. The first kappa shape index (κ1) is 18.4. The van der Waals surface area contributed by atoms with Crippen LogP contribution in [0.15, 0.2) is 48.9 Å². The van der Waals surface area contributed by atoms with Gasteiger partial charge in [0.1, 0.15) is 0 Å². The Morgan fingerprint density at radius 2 is 1.83 bits per heavy atom. The SMILES string of the molecule is CC(=O)N1CCN(c2ncc(-c3ccc4c(c3)OCO4)c(-c3cccnc3)n2)CC1. The molecule has 4 heterocycles. The Morgan fingerprint density at radius 1 is 1.00 bits per heavy atom. The second-order valence-electron chi connectivity index (χ2n) is 7.24. The summed E-state index contributed by atoms with van der Waals surface area (Å²) in [5, 5.41) is 0. The highest BCUT2D eigenvalue weighted by atomic mass is 16.7. The number of rotatable bonds is 3. The molecule has 2 aliphatic heterocycles. The van der Waals surface area contributed by atoms with E-state index in [0.29, 0.717) is 37.9 Å². The third-order valence-corrected chi connectivity index (χ3v) is 5.40. The minimum absolute atomic E-state index is 0.102. The summed E-state index contributed by atoms with van der Waals surface area (Å²) in [7, 11) is 0. The molecule has 8 heteroatoms. The zero-order valence-corrected chi connectivity index (χ0v) is 16.6. The Labute approximate surface area is 174 Å². The standard InChI is InChI=1S/C22H21N5O3/c1-15(28)26-7-9-27(10-8-26)22-24-13-18(21(25-22)17-3-2-6-23-12-17)16-4-5-19-20(11-16)30-14-29-19/h2-6,11-13H,7-10,14H2,1H3. The summed E-state index contributed by atoms with van der Waals surface area (Å²) < 4.78 is 11.0. The van der Waals surface area contributed by atoms with Crippen molar-refractivity contribution in [2.45, 2.75) is 6.92 Å². The lowest BCUT2D eigenvalue weighted by molar-refractivity contribution is -0.129. The average molecular weight is 403 g/mol. The fourth-order valence-electron chi connectivity index (χ4n) is 3.74. The number of ether oxygens (including phenoxy) is 2. The van der Waals surface area contributed by atoms with Crippen molar-refractivity contribution in [3.05, 3.63) is 48.9 Å². The first-order valence-corrected chi connectivity index (χ1v) is 9.87. The molecule has 3 aromatic rings. The maximum atomic E-state index is 11.6. The number of hydrogen-bond donors (Lipinski definition) is 0. The van der Waals surface area contributed by atoms with Crippen LogP contribution in [0.4, 0.5) is 5.95 Å². The van der Waals surface area contributed by atoms with Gasteiger partial charge in [0.25, 0.3) is 0 Å². The molecule has 0 N–H and O–H groups in total. The van der Waals surface area contributed by atoms with E-state index in [0.717, 1.165) is 28.1 Å². The van der Waals surface area contributed by atoms with Gasteiger partial charge in [-0.2, -0.15) is 0 Å². The van der Waals surface area contributed by atoms with Gasteiger partial charge in [-0.05, 0) is 29.8 Å². The van der Waals surface area contributed by atoms with Crippen LogP contribution in [0, 0.1) is 0 Å². The number of carbonyl (C=O) groups excluding carboxylic acids is 1. The number of amides is 1. The molecule has 2 aromatic heterocycles. The van der Waals surface area contributed by atoms with Crippen molar-refractivity contribution in [1.82, 2.24) is 19.9 Å². The molecule has 8 nitrogen and oxygen atoms in total. The summed E-state index contributed by atoms with van der Waals surface area (Å²) in [6, 6.07) is 9.72. The van der Waals surface area contributed by atoms with Crippen molar-refractivity contribution in [2.24, 2.45) is 0 Å². The molecule has 30 heavy (non-hydrogen) atoms. The Kier molecular flexibility index (Phi) is 4.66. The summed E-state index contributed by atoms with van der Waals surface area (Å²) in [5.74, 6) is 2.21. The molecule has 0 unspecified atom stereocenters. The van der Waals surface area contributed by atoms with Crippen LogP contribution in [0.3, 0.4) is 0 Å². The van der Waals surface area contributed by atoms with Gasteiger partial charge in [-0.25, -0.2) is 9.97 Å². The van der Waals surface area contributed by atoms with Crippen molar-refractivity contribution in [2.75, 3.05) is 37.9 Å². The van der Waals surface area contributed by atoms with E-state index in [1.165, 1.54) is 0 Å². The highest BCUT2D eigenvalue weighted by Crippen LogP contribution is 2.38. The first-order chi connectivity index (χ1) is 14.7. The van der Waals surface area contributed by atoms with E-state index in [4.69, 9.17) is 14.5 Å². The lowest BCUT2D eigenvalue weighted by Gasteiger charge is -2.34. The molecular formula is C22H21N5O3. The van der Waals surface area contributed by atoms with Crippen LogP contribution in [0.5, 0.6) is 11.5 Å². The van der Waals surface area contributed by atoms with Crippen molar-refractivity contribution >= 4 is 11.9 Å². The monoisotopic (exact) mass is 403 g/mol. The molecule has 1 aromatic carbocycles. The topological polar surface area (TPSA) is 80.7 Å². The van der Waals surface area contributed by atoms with Crippen molar-refractivity contribution < 1.29 is 14.3 Å². The Balaban J connectivity index is 1.53. The van der Waals surface area contributed by atoms with Gasteiger partial charge in [-0.1, -0.05) is 6.07 Å². The molecular weight excluding hydrogens is 382 g/mol. The number of fused-ring (bicyclic) bond motifs is 1. The maximum Gasteiger partial charge on any atom is 0.231 e. The van der Waals surface area contributed by atoms with Crippen LogP contribution >= 0.6 is 0 Å². The maximum absolute atomic E-state index is 11.6. The van der Waals surface area contributed by atoms with Crippen LogP contribution in [-0.2, 0) is 4.79 Å². The highest BCUT2D eigenvalue weighted by Gasteiger charge is 2.23. The zero-order valence-electron chi connectivity index (χ0n) is 16.6. The highest BCUT2D eigenvalue weighted by molar-refractivity contribution is 5.81. The average Bonchev–Trinajstić information content (AvgIpc) is 3.27. The summed E-state index contributed by atoms with van der Waals surface area (Å²) in [5.41, 5.74) is 3.57. The van der Waals surface area contributed by atoms with Crippen molar-refractivity contribution in [1.29, 1.82) is 0 Å². The van der Waals surface area contributed by atoms with Gasteiger partial charge in [0.05, 0.1) is 5.69 Å².